The van der Waals surface area contributed by atoms with Gasteiger partial charge in [0.2, 0.25) is 0 Å². The highest BCUT2D eigenvalue weighted by molar-refractivity contribution is 7.09. The Kier molecular flexibility index (Phi) is 6.99. The van der Waals surface area contributed by atoms with Crippen LogP contribution < -0.4 is 5.32 Å². The van der Waals surface area contributed by atoms with Gasteiger partial charge in [-0.05, 0) is 30.5 Å². The second kappa shape index (κ2) is 8.79. The number of nitrogens with zero attached hydrogens (tertiary/aromatic N) is 2. The molecule has 136 valence electrons. The highest BCUT2D eigenvalue weighted by Crippen LogP contribution is 2.27. The SMILES string of the molecule is CC(C)c1nc(CN(C)C(=O)c2ccccc2C2CCNC2)cs1.Cl. The summed E-state index contributed by atoms with van der Waals surface area (Å²) >= 11 is 1.67. The maximum absolute atomic E-state index is 12.9. The van der Waals surface area contributed by atoms with Gasteiger partial charge in [-0.15, -0.1) is 23.7 Å². The van der Waals surface area contributed by atoms with E-state index in [0.29, 0.717) is 18.4 Å². The van der Waals surface area contributed by atoms with Crippen LogP contribution in [0.2, 0.25) is 0 Å². The Bertz CT molecular complexity index is 710. The second-order valence-corrected chi connectivity index (χ2v) is 7.66. The van der Waals surface area contributed by atoms with Crippen molar-refractivity contribution in [1.82, 2.24) is 15.2 Å². The largest absolute Gasteiger partial charge is 0.336 e. The van der Waals surface area contributed by atoms with Gasteiger partial charge in [-0.25, -0.2) is 4.98 Å². The standard InChI is InChI=1S/C19H25N3OS.ClH/c1-13(2)18-21-15(12-24-18)11-22(3)19(23)17-7-5-4-6-16(17)14-8-9-20-10-14;/h4-7,12-14,20H,8-11H2,1-3H3;1H. The molecule has 1 saturated heterocycles. The molecule has 2 aromatic rings. The van der Waals surface area contributed by atoms with Crippen LogP contribution in [0.5, 0.6) is 0 Å². The summed E-state index contributed by atoms with van der Waals surface area (Å²) in [6.07, 6.45) is 1.10. The summed E-state index contributed by atoms with van der Waals surface area (Å²) in [4.78, 5) is 19.4. The number of carbonyl (C=O) groups is 1. The van der Waals surface area contributed by atoms with Crippen LogP contribution in [0.1, 0.15) is 58.7 Å². The Morgan fingerprint density at radius 2 is 2.16 bits per heavy atom. The molecule has 0 aliphatic carbocycles. The number of hydrogen-bond donors (Lipinski definition) is 1. The maximum Gasteiger partial charge on any atom is 0.254 e. The zero-order valence-electron chi connectivity index (χ0n) is 15.0. The van der Waals surface area contributed by atoms with E-state index in [1.165, 1.54) is 5.56 Å². The first-order valence-corrected chi connectivity index (χ1v) is 9.43. The van der Waals surface area contributed by atoms with Crippen molar-refractivity contribution in [3.8, 4) is 0 Å². The molecule has 1 atom stereocenters. The number of benzene rings is 1. The van der Waals surface area contributed by atoms with Crippen molar-refractivity contribution in [2.75, 3.05) is 20.1 Å². The fourth-order valence-electron chi connectivity index (χ4n) is 3.15. The lowest BCUT2D eigenvalue weighted by molar-refractivity contribution is 0.0782. The third-order valence-corrected chi connectivity index (χ3v) is 5.69. The van der Waals surface area contributed by atoms with Gasteiger partial charge in [-0.3, -0.25) is 4.79 Å². The normalized spacial score (nSPS) is 16.7. The zero-order valence-corrected chi connectivity index (χ0v) is 16.6. The first-order chi connectivity index (χ1) is 11.6. The van der Waals surface area contributed by atoms with Gasteiger partial charge >= 0.3 is 0 Å². The smallest absolute Gasteiger partial charge is 0.254 e. The van der Waals surface area contributed by atoms with Crippen molar-refractivity contribution < 1.29 is 4.79 Å². The van der Waals surface area contributed by atoms with E-state index in [-0.39, 0.29) is 18.3 Å². The lowest BCUT2D eigenvalue weighted by atomic mass is 9.93. The summed E-state index contributed by atoms with van der Waals surface area (Å²) in [5, 5.41) is 6.58. The van der Waals surface area contributed by atoms with Crippen molar-refractivity contribution in [3.63, 3.8) is 0 Å². The molecule has 1 aliphatic rings. The predicted molar refractivity (Wildman–Crippen MR) is 106 cm³/mol. The number of nitrogens with one attached hydrogen (secondary N) is 1. The monoisotopic (exact) mass is 379 g/mol. The van der Waals surface area contributed by atoms with E-state index in [1.807, 2.05) is 25.2 Å². The second-order valence-electron chi connectivity index (χ2n) is 6.77. The van der Waals surface area contributed by atoms with E-state index in [1.54, 1.807) is 16.2 Å². The van der Waals surface area contributed by atoms with Crippen molar-refractivity contribution in [1.29, 1.82) is 0 Å². The van der Waals surface area contributed by atoms with Crippen molar-refractivity contribution in [2.45, 2.75) is 38.6 Å². The summed E-state index contributed by atoms with van der Waals surface area (Å²) in [6, 6.07) is 8.03. The van der Waals surface area contributed by atoms with Crippen LogP contribution in [-0.4, -0.2) is 35.9 Å². The number of amides is 1. The molecular weight excluding hydrogens is 354 g/mol. The van der Waals surface area contributed by atoms with Crippen LogP contribution in [0.25, 0.3) is 0 Å². The van der Waals surface area contributed by atoms with Gasteiger partial charge in [0, 0.05) is 30.5 Å². The van der Waals surface area contributed by atoms with Gasteiger partial charge < -0.3 is 10.2 Å². The van der Waals surface area contributed by atoms with E-state index < -0.39 is 0 Å². The number of thiazole rings is 1. The van der Waals surface area contributed by atoms with Crippen molar-refractivity contribution >= 4 is 29.7 Å². The highest BCUT2D eigenvalue weighted by Gasteiger charge is 2.24. The minimum atomic E-state index is 0. The quantitative estimate of drug-likeness (QED) is 0.852. The van der Waals surface area contributed by atoms with E-state index >= 15 is 0 Å². The van der Waals surface area contributed by atoms with Crippen LogP contribution in [-0.2, 0) is 6.54 Å². The third-order valence-electron chi connectivity index (χ3n) is 4.50. The Balaban J connectivity index is 0.00000225. The molecule has 0 bridgehead atoms. The Hall–Kier alpha value is -1.43. The number of aromatic nitrogens is 1. The molecule has 0 saturated carbocycles. The van der Waals surface area contributed by atoms with Crippen LogP contribution in [0.3, 0.4) is 0 Å². The van der Waals surface area contributed by atoms with Gasteiger partial charge in [0.05, 0.1) is 17.2 Å². The summed E-state index contributed by atoms with van der Waals surface area (Å²) < 4.78 is 0. The Morgan fingerprint density at radius 1 is 1.40 bits per heavy atom. The molecular formula is C19H26ClN3OS. The van der Waals surface area contributed by atoms with Crippen molar-refractivity contribution in [3.05, 3.63) is 51.5 Å². The lowest BCUT2D eigenvalue weighted by Crippen LogP contribution is -2.28. The first kappa shape index (κ1) is 19.9. The molecule has 0 radical (unpaired) electrons. The van der Waals surface area contributed by atoms with Gasteiger partial charge in [0.15, 0.2) is 0 Å². The topological polar surface area (TPSA) is 45.2 Å². The molecule has 25 heavy (non-hydrogen) atoms. The molecule has 6 heteroatoms. The number of halogens is 1. The molecule has 4 nitrogen and oxygen atoms in total. The highest BCUT2D eigenvalue weighted by atomic mass is 35.5. The fraction of sp³-hybridized carbons (Fsp3) is 0.474. The molecule has 2 heterocycles. The Labute approximate surface area is 160 Å². The molecule has 1 fully saturated rings. The minimum absolute atomic E-state index is 0. The van der Waals surface area contributed by atoms with E-state index in [9.17, 15) is 4.79 Å². The maximum atomic E-state index is 12.9. The van der Waals surface area contributed by atoms with Crippen molar-refractivity contribution in [2.24, 2.45) is 0 Å². The van der Waals surface area contributed by atoms with Gasteiger partial charge in [0.25, 0.3) is 5.91 Å². The molecule has 1 N–H and O–H groups in total. The van der Waals surface area contributed by atoms with Crippen LogP contribution in [0.4, 0.5) is 0 Å². The summed E-state index contributed by atoms with van der Waals surface area (Å²) in [5.41, 5.74) is 2.97. The van der Waals surface area contributed by atoms with Crippen LogP contribution in [0, 0.1) is 0 Å². The Morgan fingerprint density at radius 3 is 2.80 bits per heavy atom. The number of carbonyl (C=O) groups excluding carboxylic acids is 1. The van der Waals surface area contributed by atoms with E-state index in [2.05, 4.69) is 35.6 Å². The van der Waals surface area contributed by atoms with Gasteiger partial charge in [0.1, 0.15) is 0 Å². The molecule has 1 aromatic heterocycles. The number of hydrogen-bond acceptors (Lipinski definition) is 4. The first-order valence-electron chi connectivity index (χ1n) is 8.55. The van der Waals surface area contributed by atoms with Crippen LogP contribution in [0.15, 0.2) is 29.6 Å². The molecule has 1 amide bonds. The lowest BCUT2D eigenvalue weighted by Gasteiger charge is -2.20. The van der Waals surface area contributed by atoms with E-state index in [4.69, 9.17) is 0 Å². The molecule has 1 unspecified atom stereocenters. The zero-order chi connectivity index (χ0) is 17.1. The summed E-state index contributed by atoms with van der Waals surface area (Å²) in [5.74, 6) is 0.947. The summed E-state index contributed by atoms with van der Waals surface area (Å²) in [6.45, 7) is 6.82. The molecule has 3 rings (SSSR count). The number of rotatable bonds is 5. The molecule has 1 aliphatic heterocycles. The predicted octanol–water partition coefficient (Wildman–Crippen LogP) is 4.04. The van der Waals surface area contributed by atoms with Crippen LogP contribution >= 0.6 is 23.7 Å². The minimum Gasteiger partial charge on any atom is -0.336 e. The van der Waals surface area contributed by atoms with Gasteiger partial charge in [-0.2, -0.15) is 0 Å². The molecule has 0 spiro atoms. The third kappa shape index (κ3) is 4.60. The van der Waals surface area contributed by atoms with Gasteiger partial charge in [-0.1, -0.05) is 32.0 Å². The average molecular weight is 380 g/mol. The fourth-order valence-corrected chi connectivity index (χ4v) is 3.97. The summed E-state index contributed by atoms with van der Waals surface area (Å²) in [7, 11) is 1.86. The molecule has 1 aromatic carbocycles. The van der Waals surface area contributed by atoms with E-state index in [0.717, 1.165) is 35.8 Å². The average Bonchev–Trinajstić information content (AvgIpc) is 3.25.